The first-order valence-electron chi connectivity index (χ1n) is 5.28. The molecule has 1 atom stereocenters. The smallest absolute Gasteiger partial charge is 0.338 e. The Balaban J connectivity index is 2.27. The molecule has 1 unspecified atom stereocenters. The zero-order valence-corrected chi connectivity index (χ0v) is 10.8. The highest BCUT2D eigenvalue weighted by atomic mass is 32.1. The summed E-state index contributed by atoms with van der Waals surface area (Å²) in [6, 6.07) is 0. The van der Waals surface area contributed by atoms with Gasteiger partial charge >= 0.3 is 6.18 Å². The van der Waals surface area contributed by atoms with Crippen molar-refractivity contribution >= 4 is 17.1 Å². The second-order valence-corrected chi connectivity index (χ2v) is 4.75. The fourth-order valence-corrected chi connectivity index (χ4v) is 2.29. The molecule has 2 heterocycles. The van der Waals surface area contributed by atoms with E-state index in [4.69, 9.17) is 4.52 Å². The zero-order chi connectivity index (χ0) is 14.2. The summed E-state index contributed by atoms with van der Waals surface area (Å²) in [5, 5.41) is 7.23. The first-order chi connectivity index (χ1) is 8.80. The molecule has 0 saturated heterocycles. The molecule has 0 radical (unpaired) electrons. The molecule has 0 bridgehead atoms. The first-order valence-corrected chi connectivity index (χ1v) is 6.22. The molecule has 0 spiro atoms. The predicted molar refractivity (Wildman–Crippen MR) is 61.8 cm³/mol. The molecule has 0 aliphatic carbocycles. The lowest BCUT2D eigenvalue weighted by atomic mass is 10.1. The van der Waals surface area contributed by atoms with Gasteiger partial charge in [0.05, 0.1) is 0 Å². The van der Waals surface area contributed by atoms with Gasteiger partial charge in [-0.1, -0.05) is 5.16 Å². The number of carbonyl (C=O) groups is 1. The zero-order valence-electron chi connectivity index (χ0n) is 9.99. The minimum Gasteiger partial charge on any atom is -0.338 e. The number of aryl methyl sites for hydroxylation is 1. The van der Waals surface area contributed by atoms with Crippen LogP contribution >= 0.6 is 11.3 Å². The van der Waals surface area contributed by atoms with Crippen molar-refractivity contribution < 1.29 is 22.5 Å². The topological polar surface area (TPSA) is 56.0 Å². The third-order valence-electron chi connectivity index (χ3n) is 2.58. The van der Waals surface area contributed by atoms with Crippen molar-refractivity contribution in [3.8, 4) is 11.4 Å². The minimum absolute atomic E-state index is 0.190. The van der Waals surface area contributed by atoms with Gasteiger partial charge in [-0.15, -0.1) is 0 Å². The van der Waals surface area contributed by atoms with Gasteiger partial charge in [-0.2, -0.15) is 29.5 Å². The highest BCUT2D eigenvalue weighted by Crippen LogP contribution is 2.29. The Bertz CT molecular complexity index is 603. The third kappa shape index (κ3) is 2.67. The Morgan fingerprint density at radius 2 is 2.11 bits per heavy atom. The normalized spacial score (nSPS) is 13.5. The van der Waals surface area contributed by atoms with Crippen LogP contribution in [-0.2, 0) is 4.79 Å². The number of hydrogen-bond donors (Lipinski definition) is 0. The van der Waals surface area contributed by atoms with Gasteiger partial charge in [-0.05, 0) is 24.8 Å². The number of alkyl halides is 3. The standard InChI is InChI=1S/C11H9F3N2O2S/c1-5-3-19-4-7(5)9-15-10(18-16-9)6(2)8(17)11(12,13)14/h3-4,6H,1-2H3. The van der Waals surface area contributed by atoms with Crippen LogP contribution in [-0.4, -0.2) is 22.1 Å². The predicted octanol–water partition coefficient (Wildman–Crippen LogP) is 3.34. The van der Waals surface area contributed by atoms with Gasteiger partial charge in [0.2, 0.25) is 17.5 Å². The van der Waals surface area contributed by atoms with Gasteiger partial charge in [0.25, 0.3) is 0 Å². The average Bonchev–Trinajstić information content (AvgIpc) is 2.93. The lowest BCUT2D eigenvalue weighted by Crippen LogP contribution is -2.27. The van der Waals surface area contributed by atoms with Crippen molar-refractivity contribution in [1.82, 2.24) is 10.1 Å². The lowest BCUT2D eigenvalue weighted by Gasteiger charge is -2.08. The van der Waals surface area contributed by atoms with Crippen LogP contribution in [0.1, 0.15) is 24.3 Å². The number of carbonyl (C=O) groups excluding carboxylic acids is 1. The number of rotatable bonds is 3. The molecule has 2 aromatic heterocycles. The van der Waals surface area contributed by atoms with E-state index in [1.54, 1.807) is 5.38 Å². The quantitative estimate of drug-likeness (QED) is 0.870. The molecule has 0 aromatic carbocycles. The van der Waals surface area contributed by atoms with Crippen LogP contribution in [0.5, 0.6) is 0 Å². The Morgan fingerprint density at radius 3 is 2.63 bits per heavy atom. The monoisotopic (exact) mass is 290 g/mol. The highest BCUT2D eigenvalue weighted by molar-refractivity contribution is 7.08. The number of thiophene rings is 1. The molecule has 0 N–H and O–H groups in total. The summed E-state index contributed by atoms with van der Waals surface area (Å²) in [7, 11) is 0. The number of hydrogen-bond acceptors (Lipinski definition) is 5. The second-order valence-electron chi connectivity index (χ2n) is 4.01. The average molecular weight is 290 g/mol. The van der Waals surface area contributed by atoms with Gasteiger partial charge in [-0.3, -0.25) is 4.79 Å². The molecule has 102 valence electrons. The first kappa shape index (κ1) is 13.7. The van der Waals surface area contributed by atoms with Crippen molar-refractivity contribution in [1.29, 1.82) is 0 Å². The number of Topliss-reactive ketones (excluding diaryl/α,β-unsaturated/α-hetero) is 1. The van der Waals surface area contributed by atoms with E-state index in [2.05, 4.69) is 10.1 Å². The summed E-state index contributed by atoms with van der Waals surface area (Å²) in [5.74, 6) is -3.54. The fourth-order valence-electron chi connectivity index (χ4n) is 1.47. The number of nitrogens with zero attached hydrogens (tertiary/aromatic N) is 2. The summed E-state index contributed by atoms with van der Waals surface area (Å²) in [6.07, 6.45) is -4.91. The molecule has 0 fully saturated rings. The Morgan fingerprint density at radius 1 is 1.42 bits per heavy atom. The molecule has 0 saturated carbocycles. The SMILES string of the molecule is Cc1cscc1-c1noc(C(C)C(=O)C(F)(F)F)n1. The van der Waals surface area contributed by atoms with Crippen molar-refractivity contribution in [2.45, 2.75) is 25.9 Å². The van der Waals surface area contributed by atoms with E-state index in [9.17, 15) is 18.0 Å². The molecule has 0 aliphatic heterocycles. The minimum atomic E-state index is -4.91. The molecular weight excluding hydrogens is 281 g/mol. The lowest BCUT2D eigenvalue weighted by molar-refractivity contribution is -0.172. The van der Waals surface area contributed by atoms with Crippen molar-refractivity contribution in [2.75, 3.05) is 0 Å². The van der Waals surface area contributed by atoms with E-state index >= 15 is 0 Å². The van der Waals surface area contributed by atoms with E-state index < -0.39 is 17.9 Å². The molecule has 0 aliphatic rings. The van der Waals surface area contributed by atoms with Gasteiger partial charge in [0.1, 0.15) is 5.92 Å². The van der Waals surface area contributed by atoms with Gasteiger partial charge in [-0.25, -0.2) is 0 Å². The van der Waals surface area contributed by atoms with Crippen LogP contribution in [0.2, 0.25) is 0 Å². The Kier molecular flexibility index (Phi) is 3.44. The van der Waals surface area contributed by atoms with Crippen molar-refractivity contribution in [3.05, 3.63) is 22.2 Å². The molecule has 2 rings (SSSR count). The summed E-state index contributed by atoms with van der Waals surface area (Å²) >= 11 is 1.42. The maximum absolute atomic E-state index is 12.3. The second kappa shape index (κ2) is 4.76. The van der Waals surface area contributed by atoms with Crippen molar-refractivity contribution in [2.24, 2.45) is 0 Å². The molecule has 8 heteroatoms. The van der Waals surface area contributed by atoms with Crippen LogP contribution in [0.4, 0.5) is 13.2 Å². The highest BCUT2D eigenvalue weighted by Gasteiger charge is 2.44. The fraction of sp³-hybridized carbons (Fsp3) is 0.364. The summed E-state index contributed by atoms with van der Waals surface area (Å²) in [6.45, 7) is 2.92. The summed E-state index contributed by atoms with van der Waals surface area (Å²) < 4.78 is 41.6. The van der Waals surface area contributed by atoms with Gasteiger partial charge in [0, 0.05) is 10.9 Å². The van der Waals surface area contributed by atoms with Crippen LogP contribution in [0.15, 0.2) is 15.3 Å². The van der Waals surface area contributed by atoms with E-state index in [1.165, 1.54) is 11.3 Å². The van der Waals surface area contributed by atoms with Crippen LogP contribution in [0.25, 0.3) is 11.4 Å². The van der Waals surface area contributed by atoms with E-state index in [1.807, 2.05) is 12.3 Å². The number of halogens is 3. The van der Waals surface area contributed by atoms with Gasteiger partial charge < -0.3 is 4.52 Å². The van der Waals surface area contributed by atoms with Crippen LogP contribution in [0, 0.1) is 6.92 Å². The van der Waals surface area contributed by atoms with Crippen LogP contribution in [0.3, 0.4) is 0 Å². The summed E-state index contributed by atoms with van der Waals surface area (Å²) in [5.41, 5.74) is 1.58. The third-order valence-corrected chi connectivity index (χ3v) is 3.44. The molecule has 0 amide bonds. The largest absolute Gasteiger partial charge is 0.450 e. The van der Waals surface area contributed by atoms with Crippen LogP contribution < -0.4 is 0 Å². The maximum atomic E-state index is 12.3. The molecule has 19 heavy (non-hydrogen) atoms. The molecular formula is C11H9F3N2O2S. The van der Waals surface area contributed by atoms with Gasteiger partial charge in [0.15, 0.2) is 0 Å². The Labute approximate surface area is 110 Å². The molecule has 2 aromatic rings. The van der Waals surface area contributed by atoms with E-state index in [0.717, 1.165) is 12.5 Å². The van der Waals surface area contributed by atoms with Crippen molar-refractivity contribution in [3.63, 3.8) is 0 Å². The number of ketones is 1. The number of aromatic nitrogens is 2. The summed E-state index contributed by atoms with van der Waals surface area (Å²) in [4.78, 5) is 14.9. The maximum Gasteiger partial charge on any atom is 0.450 e. The van der Waals surface area contributed by atoms with E-state index in [-0.39, 0.29) is 11.7 Å². The van der Waals surface area contributed by atoms with E-state index in [0.29, 0.717) is 5.56 Å². The Hall–Kier alpha value is -1.70. The molecule has 4 nitrogen and oxygen atoms in total.